The summed E-state index contributed by atoms with van der Waals surface area (Å²) in [6, 6.07) is 12.5. The summed E-state index contributed by atoms with van der Waals surface area (Å²) in [5.41, 5.74) is -0.505. The first-order valence-electron chi connectivity index (χ1n) is 9.57. The molecule has 0 spiro atoms. The van der Waals surface area contributed by atoms with Crippen molar-refractivity contribution in [2.24, 2.45) is 0 Å². The summed E-state index contributed by atoms with van der Waals surface area (Å²) in [4.78, 5) is 24.6. The van der Waals surface area contributed by atoms with Crippen LogP contribution in [-0.2, 0) is 17.5 Å². The number of hydrogen-bond donors (Lipinski definition) is 1. The van der Waals surface area contributed by atoms with Crippen LogP contribution in [0.1, 0.15) is 12.5 Å². The molecule has 168 valence electrons. The largest absolute Gasteiger partial charge is 0.495 e. The van der Waals surface area contributed by atoms with Crippen LogP contribution in [-0.4, -0.2) is 29.4 Å². The first kappa shape index (κ1) is 22.9. The van der Waals surface area contributed by atoms with Crippen molar-refractivity contribution < 1.29 is 27.4 Å². The van der Waals surface area contributed by atoms with E-state index in [1.165, 1.54) is 19.2 Å². The molecule has 7 nitrogen and oxygen atoms in total. The fraction of sp³-hybridized carbons (Fsp3) is 0.227. The Morgan fingerprint density at radius 3 is 2.44 bits per heavy atom. The molecule has 0 saturated carbocycles. The van der Waals surface area contributed by atoms with Crippen LogP contribution in [0.2, 0.25) is 0 Å². The Kier molecular flexibility index (Phi) is 6.82. The summed E-state index contributed by atoms with van der Waals surface area (Å²) < 4.78 is 50.3. The number of rotatable bonds is 7. The van der Waals surface area contributed by atoms with Gasteiger partial charge >= 0.3 is 6.18 Å². The molecule has 1 heterocycles. The van der Waals surface area contributed by atoms with Gasteiger partial charge in [-0.2, -0.15) is 18.3 Å². The third kappa shape index (κ3) is 5.45. The average Bonchev–Trinajstić information content (AvgIpc) is 2.75. The molecule has 3 rings (SSSR count). The lowest BCUT2D eigenvalue weighted by Gasteiger charge is -2.14. The van der Waals surface area contributed by atoms with Crippen LogP contribution in [0.5, 0.6) is 11.5 Å². The van der Waals surface area contributed by atoms with E-state index in [0.29, 0.717) is 23.6 Å². The van der Waals surface area contributed by atoms with E-state index in [1.54, 1.807) is 24.3 Å². The number of nitrogens with zero attached hydrogens (tertiary/aromatic N) is 2. The van der Waals surface area contributed by atoms with Crippen LogP contribution >= 0.6 is 0 Å². The number of alkyl halides is 3. The van der Waals surface area contributed by atoms with Gasteiger partial charge in [0.25, 0.3) is 5.56 Å². The molecule has 2 aromatic carbocycles. The number of amides is 1. The Hall–Kier alpha value is -3.82. The molecule has 3 aromatic rings. The van der Waals surface area contributed by atoms with Crippen LogP contribution in [0.15, 0.2) is 59.4 Å². The minimum absolute atomic E-state index is 0.0507. The zero-order valence-electron chi connectivity index (χ0n) is 17.3. The fourth-order valence-electron chi connectivity index (χ4n) is 2.91. The molecule has 0 saturated heterocycles. The van der Waals surface area contributed by atoms with Crippen LogP contribution in [0, 0.1) is 0 Å². The molecule has 0 aliphatic heterocycles. The van der Waals surface area contributed by atoms with Crippen LogP contribution in [0.3, 0.4) is 0 Å². The van der Waals surface area contributed by atoms with Crippen LogP contribution in [0.25, 0.3) is 11.3 Å². The highest BCUT2D eigenvalue weighted by Gasteiger charge is 2.31. The molecule has 0 radical (unpaired) electrons. The number of benzene rings is 2. The highest BCUT2D eigenvalue weighted by atomic mass is 19.4. The van der Waals surface area contributed by atoms with Gasteiger partial charge in [0.1, 0.15) is 18.0 Å². The van der Waals surface area contributed by atoms with Gasteiger partial charge in [-0.15, -0.1) is 0 Å². The standard InChI is InChI=1S/C22H20F3N3O4/c1-3-32-16-7-4-14(5-8-16)17-9-11-21(30)28(27-17)13-20(29)26-18-12-15(22(23,24)25)6-10-19(18)31-2/h4-12H,3,13H2,1-2H3,(H,26,29). The lowest BCUT2D eigenvalue weighted by atomic mass is 10.1. The first-order valence-corrected chi connectivity index (χ1v) is 9.57. The van der Waals surface area contributed by atoms with Gasteiger partial charge in [0, 0.05) is 11.6 Å². The normalized spacial score (nSPS) is 11.2. The van der Waals surface area contributed by atoms with Crippen molar-refractivity contribution in [2.75, 3.05) is 19.0 Å². The Morgan fingerprint density at radius 1 is 1.09 bits per heavy atom. The number of halogens is 3. The highest BCUT2D eigenvalue weighted by Crippen LogP contribution is 2.34. The number of carbonyl (C=O) groups is 1. The van der Waals surface area contributed by atoms with Gasteiger partial charge in [0.15, 0.2) is 0 Å². The predicted octanol–water partition coefficient (Wildman–Crippen LogP) is 3.98. The lowest BCUT2D eigenvalue weighted by molar-refractivity contribution is -0.137. The van der Waals surface area contributed by atoms with E-state index in [2.05, 4.69) is 10.4 Å². The van der Waals surface area contributed by atoms with Gasteiger partial charge in [-0.25, -0.2) is 4.68 Å². The maximum absolute atomic E-state index is 13.0. The van der Waals surface area contributed by atoms with Crippen molar-refractivity contribution in [2.45, 2.75) is 19.6 Å². The Labute approximate surface area is 181 Å². The number of ether oxygens (including phenoxy) is 2. The van der Waals surface area contributed by atoms with Crippen molar-refractivity contribution in [3.63, 3.8) is 0 Å². The fourth-order valence-corrected chi connectivity index (χ4v) is 2.91. The summed E-state index contributed by atoms with van der Waals surface area (Å²) >= 11 is 0. The molecule has 32 heavy (non-hydrogen) atoms. The van der Waals surface area contributed by atoms with Gasteiger partial charge in [0.05, 0.1) is 30.7 Å². The maximum atomic E-state index is 13.0. The molecule has 0 aliphatic rings. The monoisotopic (exact) mass is 447 g/mol. The van der Waals surface area contributed by atoms with E-state index < -0.39 is 29.8 Å². The molecule has 10 heteroatoms. The predicted molar refractivity (Wildman–Crippen MR) is 112 cm³/mol. The Morgan fingerprint density at radius 2 is 1.81 bits per heavy atom. The number of anilines is 1. The number of aromatic nitrogens is 2. The molecular formula is C22H20F3N3O4. The molecule has 0 aliphatic carbocycles. The number of carbonyl (C=O) groups excluding carboxylic acids is 1. The van der Waals surface area contributed by atoms with Crippen molar-refractivity contribution in [3.05, 3.63) is 70.5 Å². The second kappa shape index (κ2) is 9.54. The number of hydrogen-bond acceptors (Lipinski definition) is 5. The van der Waals surface area contributed by atoms with Gasteiger partial charge in [0.2, 0.25) is 5.91 Å². The number of methoxy groups -OCH3 is 1. The SMILES string of the molecule is CCOc1ccc(-c2ccc(=O)n(CC(=O)Nc3cc(C(F)(F)F)ccc3OC)n2)cc1. The van der Waals surface area contributed by atoms with E-state index >= 15 is 0 Å². The molecule has 1 N–H and O–H groups in total. The maximum Gasteiger partial charge on any atom is 0.416 e. The zero-order chi connectivity index (χ0) is 23.3. The summed E-state index contributed by atoms with van der Waals surface area (Å²) in [5.74, 6) is -0.00477. The summed E-state index contributed by atoms with van der Waals surface area (Å²) in [5, 5.41) is 6.54. The van der Waals surface area contributed by atoms with Gasteiger partial charge in [-0.1, -0.05) is 0 Å². The van der Waals surface area contributed by atoms with Crippen LogP contribution in [0.4, 0.5) is 18.9 Å². The van der Waals surface area contributed by atoms with Crippen molar-refractivity contribution >= 4 is 11.6 Å². The first-order chi connectivity index (χ1) is 15.2. The summed E-state index contributed by atoms with van der Waals surface area (Å²) in [7, 11) is 1.27. The topological polar surface area (TPSA) is 82.5 Å². The van der Waals surface area contributed by atoms with Crippen molar-refractivity contribution in [1.82, 2.24) is 9.78 Å². The third-order valence-corrected chi connectivity index (χ3v) is 4.42. The zero-order valence-corrected chi connectivity index (χ0v) is 17.3. The van der Waals surface area contributed by atoms with E-state index in [-0.39, 0.29) is 11.4 Å². The summed E-state index contributed by atoms with van der Waals surface area (Å²) in [6.07, 6.45) is -4.59. The number of nitrogens with one attached hydrogen (secondary N) is 1. The molecule has 1 amide bonds. The molecule has 0 atom stereocenters. The summed E-state index contributed by atoms with van der Waals surface area (Å²) in [6.45, 7) is 1.89. The van der Waals surface area contributed by atoms with Gasteiger partial charge in [-0.3, -0.25) is 9.59 Å². The third-order valence-electron chi connectivity index (χ3n) is 4.42. The van der Waals surface area contributed by atoms with E-state index in [4.69, 9.17) is 9.47 Å². The molecule has 1 aromatic heterocycles. The second-order valence-corrected chi connectivity index (χ2v) is 6.63. The van der Waals surface area contributed by atoms with Gasteiger partial charge < -0.3 is 14.8 Å². The van der Waals surface area contributed by atoms with Crippen molar-refractivity contribution in [1.29, 1.82) is 0 Å². The van der Waals surface area contributed by atoms with E-state index in [9.17, 15) is 22.8 Å². The van der Waals surface area contributed by atoms with E-state index in [0.717, 1.165) is 22.9 Å². The molecule has 0 fully saturated rings. The van der Waals surface area contributed by atoms with Gasteiger partial charge in [-0.05, 0) is 55.5 Å². The second-order valence-electron chi connectivity index (χ2n) is 6.63. The molecule has 0 bridgehead atoms. The molecular weight excluding hydrogens is 427 g/mol. The Balaban J connectivity index is 1.81. The van der Waals surface area contributed by atoms with Crippen molar-refractivity contribution in [3.8, 4) is 22.8 Å². The lowest BCUT2D eigenvalue weighted by Crippen LogP contribution is -2.29. The smallest absolute Gasteiger partial charge is 0.416 e. The average molecular weight is 447 g/mol. The highest BCUT2D eigenvalue weighted by molar-refractivity contribution is 5.92. The van der Waals surface area contributed by atoms with Crippen LogP contribution < -0.4 is 20.3 Å². The van der Waals surface area contributed by atoms with E-state index in [1.807, 2.05) is 6.92 Å². The minimum Gasteiger partial charge on any atom is -0.495 e. The minimum atomic E-state index is -4.59. The Bertz CT molecular complexity index is 1160. The molecule has 0 unspecified atom stereocenters. The quantitative estimate of drug-likeness (QED) is 0.593.